The van der Waals surface area contributed by atoms with Crippen molar-refractivity contribution < 1.29 is 9.31 Å². The van der Waals surface area contributed by atoms with Crippen LogP contribution in [0.2, 0.25) is 0 Å². The molecule has 2 aliphatic carbocycles. The fraction of sp³-hybridized carbons (Fsp3) is 0.333. The van der Waals surface area contributed by atoms with E-state index >= 15 is 0 Å². The van der Waals surface area contributed by atoms with Crippen LogP contribution < -0.4 is 4.90 Å². The number of rotatable bonds is 2. The lowest BCUT2D eigenvalue weighted by Crippen LogP contribution is -2.46. The molecule has 5 unspecified atom stereocenters. The Balaban J connectivity index is 1.54. The van der Waals surface area contributed by atoms with Crippen LogP contribution in [0.1, 0.15) is 47.4 Å². The minimum absolute atomic E-state index is 0.118. The van der Waals surface area contributed by atoms with E-state index in [4.69, 9.17) is 0 Å². The van der Waals surface area contributed by atoms with Gasteiger partial charge in [0.05, 0.1) is 11.0 Å². The Hall–Kier alpha value is -2.95. The predicted octanol–water partition coefficient (Wildman–Crippen LogP) is 5.63. The van der Waals surface area contributed by atoms with Crippen molar-refractivity contribution in [1.82, 2.24) is 0 Å². The summed E-state index contributed by atoms with van der Waals surface area (Å²) in [5.41, 5.74) is 4.63. The first-order valence-electron chi connectivity index (χ1n) is 10.3. The van der Waals surface area contributed by atoms with Gasteiger partial charge in [-0.1, -0.05) is 36.4 Å². The molecule has 0 radical (unpaired) electrons. The Bertz CT molecular complexity index is 1060. The Labute approximate surface area is 168 Å². The number of fused-ring (bicyclic) bond motifs is 4. The SMILES string of the molecule is O=[N+]([O-])c1ccc(C2C3CC=CC3c3cc(F)cc4c3N2CC2CC=CC42)cc1. The number of nitrogens with zero attached hydrogens (tertiary/aromatic N) is 2. The van der Waals surface area contributed by atoms with E-state index in [9.17, 15) is 14.5 Å². The zero-order valence-electron chi connectivity index (χ0n) is 15.9. The molecule has 4 nitrogen and oxygen atoms in total. The van der Waals surface area contributed by atoms with Crippen molar-refractivity contribution in [2.75, 3.05) is 11.4 Å². The fourth-order valence-corrected chi connectivity index (χ4v) is 6.11. The zero-order chi connectivity index (χ0) is 19.7. The maximum Gasteiger partial charge on any atom is 0.269 e. The Morgan fingerprint density at radius 2 is 1.69 bits per heavy atom. The van der Waals surface area contributed by atoms with Gasteiger partial charge in [0.15, 0.2) is 0 Å². The smallest absolute Gasteiger partial charge is 0.269 e. The van der Waals surface area contributed by atoms with Crippen molar-refractivity contribution in [2.45, 2.75) is 30.7 Å². The minimum Gasteiger partial charge on any atom is -0.363 e. The van der Waals surface area contributed by atoms with E-state index in [1.807, 2.05) is 12.1 Å². The molecule has 0 fully saturated rings. The molecule has 5 atom stereocenters. The van der Waals surface area contributed by atoms with Gasteiger partial charge in [-0.2, -0.15) is 0 Å². The van der Waals surface area contributed by atoms with Crippen LogP contribution >= 0.6 is 0 Å². The summed E-state index contributed by atoms with van der Waals surface area (Å²) in [5, 5.41) is 11.1. The lowest BCUT2D eigenvalue weighted by Gasteiger charge is -2.51. The molecule has 0 saturated heterocycles. The molecule has 6 rings (SSSR count). The van der Waals surface area contributed by atoms with Gasteiger partial charge in [0.2, 0.25) is 0 Å². The van der Waals surface area contributed by atoms with Crippen LogP contribution in [-0.2, 0) is 0 Å². The van der Waals surface area contributed by atoms with E-state index in [-0.39, 0.29) is 34.3 Å². The molecule has 0 bridgehead atoms. The van der Waals surface area contributed by atoms with Gasteiger partial charge < -0.3 is 4.90 Å². The molecule has 0 amide bonds. The van der Waals surface area contributed by atoms with Gasteiger partial charge in [0.1, 0.15) is 5.82 Å². The first-order chi connectivity index (χ1) is 14.1. The van der Waals surface area contributed by atoms with E-state index in [0.29, 0.717) is 11.8 Å². The molecule has 2 aromatic carbocycles. The van der Waals surface area contributed by atoms with Gasteiger partial charge in [-0.05, 0) is 53.5 Å². The van der Waals surface area contributed by atoms with Crippen LogP contribution in [0.25, 0.3) is 0 Å². The van der Waals surface area contributed by atoms with Gasteiger partial charge in [0, 0.05) is 36.2 Å². The lowest BCUT2D eigenvalue weighted by molar-refractivity contribution is -0.384. The molecular formula is C24H21FN2O2. The molecular weight excluding hydrogens is 367 g/mol. The number of nitro groups is 1. The summed E-state index contributed by atoms with van der Waals surface area (Å²) in [7, 11) is 0. The number of anilines is 1. The molecule has 2 heterocycles. The van der Waals surface area contributed by atoms with Crippen LogP contribution in [0, 0.1) is 27.8 Å². The number of benzene rings is 2. The van der Waals surface area contributed by atoms with Crippen LogP contribution in [-0.4, -0.2) is 11.5 Å². The third kappa shape index (κ3) is 2.36. The highest BCUT2D eigenvalue weighted by atomic mass is 19.1. The summed E-state index contributed by atoms with van der Waals surface area (Å²) >= 11 is 0. The van der Waals surface area contributed by atoms with E-state index < -0.39 is 0 Å². The van der Waals surface area contributed by atoms with Gasteiger partial charge >= 0.3 is 0 Å². The molecule has 2 aliphatic heterocycles. The summed E-state index contributed by atoms with van der Waals surface area (Å²) < 4.78 is 14.6. The Kier molecular flexibility index (Phi) is 3.52. The van der Waals surface area contributed by atoms with Crippen molar-refractivity contribution in [1.29, 1.82) is 0 Å². The highest BCUT2D eigenvalue weighted by Crippen LogP contribution is 2.58. The minimum atomic E-state index is -0.351. The highest BCUT2D eigenvalue weighted by molar-refractivity contribution is 5.70. The molecule has 2 aromatic rings. The van der Waals surface area contributed by atoms with E-state index in [1.54, 1.807) is 24.3 Å². The van der Waals surface area contributed by atoms with Crippen LogP contribution in [0.4, 0.5) is 15.8 Å². The van der Waals surface area contributed by atoms with Crippen LogP contribution in [0.3, 0.4) is 0 Å². The number of hydrogen-bond donors (Lipinski definition) is 0. The number of halogens is 1. The molecule has 0 spiro atoms. The zero-order valence-corrected chi connectivity index (χ0v) is 15.9. The summed E-state index contributed by atoms with van der Waals surface area (Å²) in [6, 6.07) is 10.6. The molecule has 0 aromatic heterocycles. The average molecular weight is 388 g/mol. The van der Waals surface area contributed by atoms with Gasteiger partial charge in [-0.15, -0.1) is 0 Å². The third-order valence-electron chi connectivity index (χ3n) is 7.26. The van der Waals surface area contributed by atoms with Crippen molar-refractivity contribution in [2.24, 2.45) is 11.8 Å². The van der Waals surface area contributed by atoms with Crippen molar-refractivity contribution in [3.8, 4) is 0 Å². The molecule has 146 valence electrons. The van der Waals surface area contributed by atoms with Crippen molar-refractivity contribution >= 4 is 11.4 Å². The van der Waals surface area contributed by atoms with Gasteiger partial charge in [0.25, 0.3) is 5.69 Å². The molecule has 4 aliphatic rings. The lowest BCUT2D eigenvalue weighted by atomic mass is 9.70. The summed E-state index contributed by atoms with van der Waals surface area (Å²) in [5.74, 6) is 1.12. The topological polar surface area (TPSA) is 46.4 Å². The quantitative estimate of drug-likeness (QED) is 0.381. The van der Waals surface area contributed by atoms with Gasteiger partial charge in [-0.25, -0.2) is 4.39 Å². The summed E-state index contributed by atoms with van der Waals surface area (Å²) in [4.78, 5) is 13.2. The maximum atomic E-state index is 14.6. The maximum absolute atomic E-state index is 14.6. The monoisotopic (exact) mass is 388 g/mol. The number of non-ortho nitro benzene ring substituents is 1. The average Bonchev–Trinajstić information content (AvgIpc) is 3.37. The number of nitro benzene ring substituents is 1. The highest BCUT2D eigenvalue weighted by Gasteiger charge is 2.47. The van der Waals surface area contributed by atoms with E-state index in [1.165, 1.54) is 5.69 Å². The molecule has 5 heteroatoms. The number of hydrogen-bond acceptors (Lipinski definition) is 3. The Morgan fingerprint density at radius 3 is 2.45 bits per heavy atom. The largest absolute Gasteiger partial charge is 0.363 e. The summed E-state index contributed by atoms with van der Waals surface area (Å²) in [6.45, 7) is 0.939. The second-order valence-corrected chi connectivity index (χ2v) is 8.68. The molecule has 0 saturated carbocycles. The van der Waals surface area contributed by atoms with Crippen molar-refractivity contribution in [3.05, 3.63) is 93.3 Å². The predicted molar refractivity (Wildman–Crippen MR) is 110 cm³/mol. The first kappa shape index (κ1) is 17.0. The standard InChI is InChI=1S/C24H21FN2O2/c25-16-11-21-18-4-1-3-15(18)13-26-23(14-7-9-17(10-8-14)27(28)29)20-6-2-5-19(20)22(12-16)24(21)26/h1-2,4-5,7-12,15,18-20,23H,3,6,13H2. The fourth-order valence-electron chi connectivity index (χ4n) is 6.11. The second kappa shape index (κ2) is 6.02. The summed E-state index contributed by atoms with van der Waals surface area (Å²) in [6.07, 6.45) is 10.9. The van der Waals surface area contributed by atoms with E-state index in [2.05, 4.69) is 29.2 Å². The molecule has 29 heavy (non-hydrogen) atoms. The third-order valence-corrected chi connectivity index (χ3v) is 7.26. The molecule has 0 N–H and O–H groups in total. The van der Waals surface area contributed by atoms with Crippen LogP contribution in [0.15, 0.2) is 60.7 Å². The second-order valence-electron chi connectivity index (χ2n) is 8.68. The first-order valence-corrected chi connectivity index (χ1v) is 10.3. The van der Waals surface area contributed by atoms with Crippen LogP contribution in [0.5, 0.6) is 0 Å². The van der Waals surface area contributed by atoms with E-state index in [0.717, 1.165) is 36.1 Å². The number of allylic oxidation sites excluding steroid dienone is 4. The Morgan fingerprint density at radius 1 is 1.00 bits per heavy atom. The normalized spacial score (nSPS) is 30.8. The van der Waals surface area contributed by atoms with Gasteiger partial charge in [-0.3, -0.25) is 10.1 Å². The van der Waals surface area contributed by atoms with Crippen molar-refractivity contribution in [3.63, 3.8) is 0 Å².